The Labute approximate surface area is 164 Å². The molecule has 148 valence electrons. The molecule has 3 N–H and O–H groups in total. The van der Waals surface area contributed by atoms with Crippen LogP contribution in [0.4, 0.5) is 14.6 Å². The molecule has 1 atom stereocenters. The Morgan fingerprint density at radius 2 is 1.93 bits per heavy atom. The van der Waals surface area contributed by atoms with Gasteiger partial charge in [0.1, 0.15) is 11.6 Å². The van der Waals surface area contributed by atoms with Crippen LogP contribution in [0.3, 0.4) is 0 Å². The standard InChI is InChI=1S/C20H17F2N5O2/c1-11(28)10-23-18-16-17(12-5-3-2-4-6-12)26-27-19(16)25-20(24-18)29-15-8-7-13(21)9-14(15)22/h2-9,11,28H,10H2,1H3,(H2,23,24,25,26,27). The van der Waals surface area contributed by atoms with E-state index in [-0.39, 0.29) is 18.3 Å². The molecule has 2 heterocycles. The van der Waals surface area contributed by atoms with Crippen LogP contribution in [0.2, 0.25) is 0 Å². The van der Waals surface area contributed by atoms with E-state index in [9.17, 15) is 13.9 Å². The molecule has 0 fully saturated rings. The van der Waals surface area contributed by atoms with E-state index in [1.54, 1.807) is 6.92 Å². The van der Waals surface area contributed by atoms with Gasteiger partial charge in [0.2, 0.25) is 0 Å². The molecule has 1 unspecified atom stereocenters. The molecule has 0 spiro atoms. The zero-order valence-corrected chi connectivity index (χ0v) is 15.4. The van der Waals surface area contributed by atoms with Gasteiger partial charge in [-0.25, -0.2) is 8.78 Å². The highest BCUT2D eigenvalue weighted by atomic mass is 19.1. The van der Waals surface area contributed by atoms with Crippen molar-refractivity contribution in [2.45, 2.75) is 13.0 Å². The summed E-state index contributed by atoms with van der Waals surface area (Å²) in [6, 6.07) is 12.3. The molecule has 4 rings (SSSR count). The highest BCUT2D eigenvalue weighted by Crippen LogP contribution is 2.33. The van der Waals surface area contributed by atoms with Crippen molar-refractivity contribution in [3.63, 3.8) is 0 Å². The Balaban J connectivity index is 1.79. The zero-order valence-electron chi connectivity index (χ0n) is 15.4. The van der Waals surface area contributed by atoms with E-state index in [4.69, 9.17) is 4.74 Å². The predicted molar refractivity (Wildman–Crippen MR) is 104 cm³/mol. The molecule has 2 aromatic heterocycles. The van der Waals surface area contributed by atoms with E-state index >= 15 is 0 Å². The van der Waals surface area contributed by atoms with Gasteiger partial charge in [-0.2, -0.15) is 15.1 Å². The van der Waals surface area contributed by atoms with Gasteiger partial charge in [0.05, 0.1) is 17.2 Å². The number of aliphatic hydroxyl groups excluding tert-OH is 1. The van der Waals surface area contributed by atoms with Crippen molar-refractivity contribution in [3.8, 4) is 23.0 Å². The smallest absolute Gasteiger partial charge is 0.326 e. The van der Waals surface area contributed by atoms with E-state index in [1.165, 1.54) is 0 Å². The number of ether oxygens (including phenoxy) is 1. The molecule has 0 saturated heterocycles. The Kier molecular flexibility index (Phi) is 5.05. The van der Waals surface area contributed by atoms with Gasteiger partial charge < -0.3 is 15.2 Å². The second-order valence-electron chi connectivity index (χ2n) is 6.42. The highest BCUT2D eigenvalue weighted by Gasteiger charge is 2.18. The third kappa shape index (κ3) is 3.99. The van der Waals surface area contributed by atoms with Gasteiger partial charge in [0, 0.05) is 18.2 Å². The van der Waals surface area contributed by atoms with Gasteiger partial charge in [0.15, 0.2) is 17.2 Å². The summed E-state index contributed by atoms with van der Waals surface area (Å²) in [6.45, 7) is 1.85. The number of hydrogen-bond acceptors (Lipinski definition) is 6. The molecule has 0 aliphatic rings. The summed E-state index contributed by atoms with van der Waals surface area (Å²) in [4.78, 5) is 8.54. The molecule has 0 aliphatic carbocycles. The number of rotatable bonds is 6. The van der Waals surface area contributed by atoms with Gasteiger partial charge in [0.25, 0.3) is 0 Å². The highest BCUT2D eigenvalue weighted by molar-refractivity contribution is 5.98. The third-order valence-corrected chi connectivity index (χ3v) is 4.12. The van der Waals surface area contributed by atoms with Crippen molar-refractivity contribution in [3.05, 3.63) is 60.2 Å². The normalized spacial score (nSPS) is 12.1. The Bertz CT molecular complexity index is 1150. The summed E-state index contributed by atoms with van der Waals surface area (Å²) in [6.07, 6.45) is -0.633. The van der Waals surface area contributed by atoms with E-state index in [0.29, 0.717) is 28.6 Å². The minimum Gasteiger partial charge on any atom is -0.421 e. The molecule has 0 saturated carbocycles. The number of nitrogens with zero attached hydrogens (tertiary/aromatic N) is 3. The molecule has 4 aromatic rings. The monoisotopic (exact) mass is 397 g/mol. The Morgan fingerprint density at radius 3 is 2.66 bits per heavy atom. The number of aromatic nitrogens is 4. The first-order valence-electron chi connectivity index (χ1n) is 8.87. The lowest BCUT2D eigenvalue weighted by atomic mass is 10.1. The lowest BCUT2D eigenvalue weighted by molar-refractivity contribution is 0.208. The fourth-order valence-electron chi connectivity index (χ4n) is 2.79. The van der Waals surface area contributed by atoms with E-state index in [2.05, 4.69) is 25.5 Å². The van der Waals surface area contributed by atoms with Crippen molar-refractivity contribution in [2.75, 3.05) is 11.9 Å². The molecule has 9 heteroatoms. The average Bonchev–Trinajstić information content (AvgIpc) is 3.13. The second kappa shape index (κ2) is 7.80. The van der Waals surface area contributed by atoms with Crippen molar-refractivity contribution < 1.29 is 18.6 Å². The molecule has 0 bridgehead atoms. The van der Waals surface area contributed by atoms with Gasteiger partial charge in [-0.15, -0.1) is 0 Å². The summed E-state index contributed by atoms with van der Waals surface area (Å²) in [5, 5.41) is 20.4. The molecule has 0 aliphatic heterocycles. The Hall–Kier alpha value is -3.59. The number of aromatic amines is 1. The van der Waals surface area contributed by atoms with Crippen molar-refractivity contribution >= 4 is 16.9 Å². The van der Waals surface area contributed by atoms with Crippen LogP contribution in [0.25, 0.3) is 22.3 Å². The fourth-order valence-corrected chi connectivity index (χ4v) is 2.79. The zero-order chi connectivity index (χ0) is 20.4. The summed E-state index contributed by atoms with van der Waals surface area (Å²) >= 11 is 0. The maximum absolute atomic E-state index is 13.9. The molecule has 0 amide bonds. The first-order valence-corrected chi connectivity index (χ1v) is 8.87. The number of H-pyrrole nitrogens is 1. The maximum Gasteiger partial charge on any atom is 0.326 e. The molecular weight excluding hydrogens is 380 g/mol. The number of fused-ring (bicyclic) bond motifs is 1. The minimum absolute atomic E-state index is 0.165. The average molecular weight is 397 g/mol. The summed E-state index contributed by atoms with van der Waals surface area (Å²) in [5.74, 6) is -1.45. The van der Waals surface area contributed by atoms with Crippen LogP contribution in [-0.2, 0) is 0 Å². The first kappa shape index (κ1) is 18.8. The topological polar surface area (TPSA) is 95.9 Å². The molecule has 7 nitrogen and oxygen atoms in total. The Morgan fingerprint density at radius 1 is 1.14 bits per heavy atom. The van der Waals surface area contributed by atoms with Crippen LogP contribution in [0, 0.1) is 11.6 Å². The van der Waals surface area contributed by atoms with Crippen LogP contribution in [-0.4, -0.2) is 37.9 Å². The summed E-state index contributed by atoms with van der Waals surface area (Å²) in [7, 11) is 0. The van der Waals surface area contributed by atoms with Crippen LogP contribution < -0.4 is 10.1 Å². The van der Waals surface area contributed by atoms with Gasteiger partial charge >= 0.3 is 6.01 Å². The van der Waals surface area contributed by atoms with E-state index < -0.39 is 17.7 Å². The van der Waals surface area contributed by atoms with Crippen LogP contribution in [0.1, 0.15) is 6.92 Å². The third-order valence-electron chi connectivity index (χ3n) is 4.12. The number of anilines is 1. The van der Waals surface area contributed by atoms with Gasteiger partial charge in [-0.1, -0.05) is 30.3 Å². The van der Waals surface area contributed by atoms with Crippen molar-refractivity contribution in [2.24, 2.45) is 0 Å². The summed E-state index contributed by atoms with van der Waals surface area (Å²) < 4.78 is 32.5. The lowest BCUT2D eigenvalue weighted by Gasteiger charge is -2.11. The number of halogens is 2. The first-order chi connectivity index (χ1) is 14.0. The fraction of sp³-hybridized carbons (Fsp3) is 0.150. The minimum atomic E-state index is -0.876. The van der Waals surface area contributed by atoms with E-state index in [1.807, 2.05) is 30.3 Å². The van der Waals surface area contributed by atoms with Crippen molar-refractivity contribution in [1.82, 2.24) is 20.2 Å². The van der Waals surface area contributed by atoms with Crippen LogP contribution in [0.15, 0.2) is 48.5 Å². The predicted octanol–water partition coefficient (Wildman–Crippen LogP) is 3.88. The lowest BCUT2D eigenvalue weighted by Crippen LogP contribution is -2.16. The molecular formula is C20H17F2N5O2. The summed E-state index contributed by atoms with van der Waals surface area (Å²) in [5.41, 5.74) is 1.86. The number of benzene rings is 2. The second-order valence-corrected chi connectivity index (χ2v) is 6.42. The van der Waals surface area contributed by atoms with Crippen molar-refractivity contribution in [1.29, 1.82) is 0 Å². The molecule has 2 aromatic carbocycles. The molecule has 29 heavy (non-hydrogen) atoms. The van der Waals surface area contributed by atoms with Gasteiger partial charge in [-0.05, 0) is 19.1 Å². The number of hydrogen-bond donors (Lipinski definition) is 3. The van der Waals surface area contributed by atoms with E-state index in [0.717, 1.165) is 17.7 Å². The quantitative estimate of drug-likeness (QED) is 0.457. The number of nitrogens with one attached hydrogen (secondary N) is 2. The van der Waals surface area contributed by atoms with Gasteiger partial charge in [-0.3, -0.25) is 5.10 Å². The van der Waals surface area contributed by atoms with Crippen LogP contribution >= 0.6 is 0 Å². The largest absolute Gasteiger partial charge is 0.421 e. The SMILES string of the molecule is CC(O)CNc1nc(Oc2ccc(F)cc2F)nc2n[nH]c(-c3ccccc3)c12. The molecule has 0 radical (unpaired) electrons. The number of aliphatic hydroxyl groups is 1. The maximum atomic E-state index is 13.9. The van der Waals surface area contributed by atoms with Crippen LogP contribution in [0.5, 0.6) is 11.8 Å².